The number of aromatic nitrogens is 3. The summed E-state index contributed by atoms with van der Waals surface area (Å²) in [5.41, 5.74) is 3.35. The predicted molar refractivity (Wildman–Crippen MR) is 87.5 cm³/mol. The molecule has 1 N–H and O–H groups in total. The van der Waals surface area contributed by atoms with Crippen molar-refractivity contribution < 1.29 is 0 Å². The maximum atomic E-state index is 4.74. The van der Waals surface area contributed by atoms with Crippen molar-refractivity contribution in [3.63, 3.8) is 0 Å². The van der Waals surface area contributed by atoms with E-state index in [0.717, 1.165) is 35.1 Å². The predicted octanol–water partition coefficient (Wildman–Crippen LogP) is 3.67. The van der Waals surface area contributed by atoms with Gasteiger partial charge < -0.3 is 9.88 Å². The van der Waals surface area contributed by atoms with Crippen molar-refractivity contribution in [3.8, 4) is 0 Å². The summed E-state index contributed by atoms with van der Waals surface area (Å²) in [5.74, 6) is 1.08. The van der Waals surface area contributed by atoms with Gasteiger partial charge in [0.1, 0.15) is 10.8 Å². The molecule has 1 unspecified atom stereocenters. The Morgan fingerprint density at radius 1 is 1.29 bits per heavy atom. The van der Waals surface area contributed by atoms with Crippen LogP contribution in [0.15, 0.2) is 29.6 Å². The van der Waals surface area contributed by atoms with Gasteiger partial charge in [0.15, 0.2) is 0 Å². The van der Waals surface area contributed by atoms with Crippen LogP contribution in [0.25, 0.3) is 11.0 Å². The van der Waals surface area contributed by atoms with Crippen molar-refractivity contribution >= 4 is 22.4 Å². The molecule has 2 aromatic heterocycles. The third-order valence-corrected chi connectivity index (χ3v) is 4.77. The summed E-state index contributed by atoms with van der Waals surface area (Å²) in [7, 11) is 0. The Morgan fingerprint density at radius 3 is 2.81 bits per heavy atom. The standard InChI is InChI=1S/C16H20N4S/c1-4-20-14-8-6-5-7-13(14)19-15(20)9-17-12(3)16-18-11(2)10-21-16/h5-8,10,12,17H,4,9H2,1-3H3. The first-order chi connectivity index (χ1) is 10.2. The van der Waals surface area contributed by atoms with Crippen LogP contribution in [-0.2, 0) is 13.1 Å². The maximum Gasteiger partial charge on any atom is 0.123 e. The Hall–Kier alpha value is -1.72. The fourth-order valence-electron chi connectivity index (χ4n) is 2.52. The largest absolute Gasteiger partial charge is 0.327 e. The highest BCUT2D eigenvalue weighted by Crippen LogP contribution is 2.19. The summed E-state index contributed by atoms with van der Waals surface area (Å²) in [6.45, 7) is 8.02. The summed E-state index contributed by atoms with van der Waals surface area (Å²) in [4.78, 5) is 9.27. The molecule has 3 rings (SSSR count). The van der Waals surface area contributed by atoms with Crippen LogP contribution in [0.3, 0.4) is 0 Å². The molecule has 0 fully saturated rings. The number of imidazole rings is 1. The molecule has 0 radical (unpaired) electrons. The van der Waals surface area contributed by atoms with Crippen molar-refractivity contribution in [3.05, 3.63) is 46.2 Å². The molecule has 2 heterocycles. The zero-order chi connectivity index (χ0) is 14.8. The van der Waals surface area contributed by atoms with E-state index in [-0.39, 0.29) is 6.04 Å². The van der Waals surface area contributed by atoms with E-state index in [4.69, 9.17) is 4.98 Å². The number of benzene rings is 1. The fourth-order valence-corrected chi connectivity index (χ4v) is 3.34. The highest BCUT2D eigenvalue weighted by atomic mass is 32.1. The second-order valence-corrected chi connectivity index (χ2v) is 6.08. The second kappa shape index (κ2) is 5.95. The van der Waals surface area contributed by atoms with Crippen molar-refractivity contribution in [2.75, 3.05) is 0 Å². The van der Waals surface area contributed by atoms with Crippen LogP contribution in [0.5, 0.6) is 0 Å². The molecule has 3 aromatic rings. The van der Waals surface area contributed by atoms with Gasteiger partial charge in [-0.2, -0.15) is 0 Å². The van der Waals surface area contributed by atoms with Gasteiger partial charge in [0, 0.05) is 17.6 Å². The molecular weight excluding hydrogens is 280 g/mol. The Balaban J connectivity index is 1.78. The van der Waals surface area contributed by atoms with E-state index in [1.807, 2.05) is 13.0 Å². The van der Waals surface area contributed by atoms with Crippen LogP contribution in [-0.4, -0.2) is 14.5 Å². The number of nitrogens with zero attached hydrogens (tertiary/aromatic N) is 3. The van der Waals surface area contributed by atoms with Gasteiger partial charge in [0.25, 0.3) is 0 Å². The molecule has 0 aliphatic carbocycles. The van der Waals surface area contributed by atoms with Crippen molar-refractivity contribution in [1.82, 2.24) is 19.9 Å². The highest BCUT2D eigenvalue weighted by molar-refractivity contribution is 7.09. The van der Waals surface area contributed by atoms with Gasteiger partial charge in [-0.05, 0) is 32.9 Å². The summed E-state index contributed by atoms with van der Waals surface area (Å²) in [6.07, 6.45) is 0. The van der Waals surface area contributed by atoms with E-state index >= 15 is 0 Å². The molecule has 0 aliphatic rings. The minimum atomic E-state index is 0.244. The zero-order valence-electron chi connectivity index (χ0n) is 12.6. The summed E-state index contributed by atoms with van der Waals surface area (Å²) in [6, 6.07) is 8.54. The first kappa shape index (κ1) is 14.2. The number of nitrogens with one attached hydrogen (secondary N) is 1. The third kappa shape index (κ3) is 2.84. The number of hydrogen-bond donors (Lipinski definition) is 1. The van der Waals surface area contributed by atoms with Gasteiger partial charge in [0.05, 0.1) is 23.6 Å². The minimum Gasteiger partial charge on any atom is -0.327 e. The van der Waals surface area contributed by atoms with Crippen molar-refractivity contribution in [1.29, 1.82) is 0 Å². The van der Waals surface area contributed by atoms with Gasteiger partial charge in [0.2, 0.25) is 0 Å². The first-order valence-corrected chi connectivity index (χ1v) is 8.16. The van der Waals surface area contributed by atoms with Crippen molar-refractivity contribution in [2.24, 2.45) is 0 Å². The van der Waals surface area contributed by atoms with Crippen LogP contribution in [0.4, 0.5) is 0 Å². The van der Waals surface area contributed by atoms with Gasteiger partial charge in [-0.25, -0.2) is 9.97 Å². The molecule has 0 bridgehead atoms. The van der Waals surface area contributed by atoms with E-state index in [2.05, 4.69) is 52.3 Å². The SMILES string of the molecule is CCn1c(CNC(C)c2nc(C)cs2)nc2ccccc21. The van der Waals surface area contributed by atoms with Gasteiger partial charge in [-0.15, -0.1) is 11.3 Å². The lowest BCUT2D eigenvalue weighted by molar-refractivity contribution is 0.540. The van der Waals surface area contributed by atoms with E-state index < -0.39 is 0 Å². The van der Waals surface area contributed by atoms with Gasteiger partial charge in [-0.3, -0.25) is 0 Å². The quantitative estimate of drug-likeness (QED) is 0.781. The summed E-state index contributed by atoms with van der Waals surface area (Å²) < 4.78 is 2.27. The molecule has 110 valence electrons. The van der Waals surface area contributed by atoms with E-state index in [0.29, 0.717) is 0 Å². The van der Waals surface area contributed by atoms with Crippen LogP contribution in [0.2, 0.25) is 0 Å². The lowest BCUT2D eigenvalue weighted by Gasteiger charge is -2.12. The van der Waals surface area contributed by atoms with Crippen LogP contribution in [0, 0.1) is 6.92 Å². The molecule has 0 spiro atoms. The van der Waals surface area contributed by atoms with Crippen molar-refractivity contribution in [2.45, 2.75) is 39.9 Å². The number of fused-ring (bicyclic) bond motifs is 1. The number of aryl methyl sites for hydroxylation is 2. The molecular formula is C16H20N4S. The Kier molecular flexibility index (Phi) is 4.03. The number of rotatable bonds is 5. The monoisotopic (exact) mass is 300 g/mol. The number of hydrogen-bond acceptors (Lipinski definition) is 4. The molecule has 0 saturated heterocycles. The Bertz CT molecular complexity index is 744. The van der Waals surface area contributed by atoms with Crippen LogP contribution >= 0.6 is 11.3 Å². The highest BCUT2D eigenvalue weighted by Gasteiger charge is 2.12. The molecule has 0 saturated carbocycles. The van der Waals surface area contributed by atoms with Crippen LogP contribution < -0.4 is 5.32 Å². The Labute approximate surface area is 128 Å². The lowest BCUT2D eigenvalue weighted by Crippen LogP contribution is -2.20. The molecule has 4 nitrogen and oxygen atoms in total. The summed E-state index contributed by atoms with van der Waals surface area (Å²) >= 11 is 1.71. The molecule has 5 heteroatoms. The minimum absolute atomic E-state index is 0.244. The Morgan fingerprint density at radius 2 is 2.10 bits per heavy atom. The van der Waals surface area contributed by atoms with Crippen LogP contribution in [0.1, 0.15) is 36.4 Å². The zero-order valence-corrected chi connectivity index (χ0v) is 13.4. The number of para-hydroxylation sites is 2. The average molecular weight is 300 g/mol. The normalized spacial score (nSPS) is 12.9. The second-order valence-electron chi connectivity index (χ2n) is 5.19. The van der Waals surface area contributed by atoms with E-state index in [1.54, 1.807) is 11.3 Å². The molecule has 21 heavy (non-hydrogen) atoms. The van der Waals surface area contributed by atoms with Gasteiger partial charge >= 0.3 is 0 Å². The molecule has 0 aliphatic heterocycles. The lowest BCUT2D eigenvalue weighted by atomic mass is 10.3. The maximum absolute atomic E-state index is 4.74. The number of thiazole rings is 1. The molecule has 1 atom stereocenters. The topological polar surface area (TPSA) is 42.7 Å². The smallest absolute Gasteiger partial charge is 0.123 e. The fraction of sp³-hybridized carbons (Fsp3) is 0.375. The van der Waals surface area contributed by atoms with E-state index in [1.165, 1.54) is 5.52 Å². The molecule has 1 aromatic carbocycles. The summed E-state index contributed by atoms with van der Waals surface area (Å²) in [5, 5.41) is 6.75. The average Bonchev–Trinajstić information content (AvgIpc) is 3.07. The first-order valence-electron chi connectivity index (χ1n) is 7.28. The molecule has 0 amide bonds. The van der Waals surface area contributed by atoms with E-state index in [9.17, 15) is 0 Å². The van der Waals surface area contributed by atoms with Gasteiger partial charge in [-0.1, -0.05) is 12.1 Å². The third-order valence-electron chi connectivity index (χ3n) is 3.62.